The number of para-hydroxylation sites is 1. The zero-order chi connectivity index (χ0) is 20.2. The van der Waals surface area contributed by atoms with E-state index in [0.29, 0.717) is 37.8 Å². The van der Waals surface area contributed by atoms with Gasteiger partial charge < -0.3 is 14.5 Å². The molecule has 29 heavy (non-hydrogen) atoms. The van der Waals surface area contributed by atoms with E-state index in [1.165, 1.54) is 0 Å². The fourth-order valence-electron chi connectivity index (χ4n) is 3.39. The molecule has 1 aliphatic rings. The summed E-state index contributed by atoms with van der Waals surface area (Å²) in [6, 6.07) is 13.2. The van der Waals surface area contributed by atoms with E-state index in [-0.39, 0.29) is 5.91 Å². The molecular weight excluding hydrogens is 368 g/mol. The highest BCUT2D eigenvalue weighted by atomic mass is 16.5. The smallest absolute Gasteiger partial charge is 0.263 e. The average Bonchev–Trinajstić information content (AvgIpc) is 3.29. The molecule has 0 unspecified atom stereocenters. The van der Waals surface area contributed by atoms with E-state index in [1.54, 1.807) is 17.8 Å². The first-order valence-electron chi connectivity index (χ1n) is 9.71. The van der Waals surface area contributed by atoms with Crippen molar-refractivity contribution in [3.05, 3.63) is 60.7 Å². The third-order valence-electron chi connectivity index (χ3n) is 4.87. The summed E-state index contributed by atoms with van der Waals surface area (Å²) >= 11 is 0. The number of carbonyl (C=O) groups is 1. The zero-order valence-corrected chi connectivity index (χ0v) is 16.6. The van der Waals surface area contributed by atoms with E-state index in [1.807, 2.05) is 60.5 Å². The number of benzene rings is 1. The van der Waals surface area contributed by atoms with Crippen LogP contribution in [0.25, 0.3) is 5.82 Å². The van der Waals surface area contributed by atoms with Gasteiger partial charge in [0.05, 0.1) is 0 Å². The maximum atomic E-state index is 12.8. The minimum absolute atomic E-state index is 0.00426. The lowest BCUT2D eigenvalue weighted by Gasteiger charge is -2.36. The Kier molecular flexibility index (Phi) is 5.41. The van der Waals surface area contributed by atoms with E-state index in [9.17, 15) is 4.79 Å². The molecule has 1 aromatic carbocycles. The van der Waals surface area contributed by atoms with Crippen molar-refractivity contribution in [2.24, 2.45) is 0 Å². The number of rotatable bonds is 5. The molecule has 0 spiro atoms. The van der Waals surface area contributed by atoms with Crippen LogP contribution in [0, 0.1) is 6.92 Å². The quantitative estimate of drug-likeness (QED) is 0.662. The number of anilines is 1. The van der Waals surface area contributed by atoms with Crippen LogP contribution in [0.3, 0.4) is 0 Å². The molecular formula is C21H24N6O2. The molecule has 3 aromatic rings. The molecule has 1 aliphatic heterocycles. The third-order valence-corrected chi connectivity index (χ3v) is 4.87. The second-order valence-electron chi connectivity index (χ2n) is 6.97. The highest BCUT2D eigenvalue weighted by molar-refractivity contribution is 5.81. The number of amides is 1. The summed E-state index contributed by atoms with van der Waals surface area (Å²) in [4.78, 5) is 25.8. The van der Waals surface area contributed by atoms with Crippen LogP contribution >= 0.6 is 0 Å². The maximum absolute atomic E-state index is 12.8. The molecule has 3 heterocycles. The molecule has 0 bridgehead atoms. The molecule has 0 saturated carbocycles. The molecule has 0 aliphatic carbocycles. The number of hydrogen-bond donors (Lipinski definition) is 0. The number of ether oxygens (including phenoxy) is 1. The minimum Gasteiger partial charge on any atom is -0.481 e. The van der Waals surface area contributed by atoms with Crippen molar-refractivity contribution in [1.29, 1.82) is 0 Å². The zero-order valence-electron chi connectivity index (χ0n) is 16.6. The number of nitrogens with zero attached hydrogens (tertiary/aromatic N) is 6. The van der Waals surface area contributed by atoms with E-state index < -0.39 is 6.10 Å². The van der Waals surface area contributed by atoms with Crippen LogP contribution in [-0.2, 0) is 4.79 Å². The van der Waals surface area contributed by atoms with Gasteiger partial charge in [-0.3, -0.25) is 4.79 Å². The van der Waals surface area contributed by atoms with Gasteiger partial charge in [0, 0.05) is 44.6 Å². The monoisotopic (exact) mass is 392 g/mol. The van der Waals surface area contributed by atoms with E-state index >= 15 is 0 Å². The SMILES string of the molecule is Cc1nc(N2CCN(C(=O)[C@@H](C)Oc3ccccc3)CC2)cc(-n2cccn2)n1. The number of aryl methyl sites for hydroxylation is 1. The van der Waals surface area contributed by atoms with E-state index in [4.69, 9.17) is 4.74 Å². The summed E-state index contributed by atoms with van der Waals surface area (Å²) in [6.07, 6.45) is 3.06. The molecule has 150 valence electrons. The van der Waals surface area contributed by atoms with Crippen molar-refractivity contribution in [2.45, 2.75) is 20.0 Å². The highest BCUT2D eigenvalue weighted by Gasteiger charge is 2.27. The van der Waals surface area contributed by atoms with Crippen molar-refractivity contribution in [2.75, 3.05) is 31.1 Å². The Labute approximate surface area is 169 Å². The van der Waals surface area contributed by atoms with Gasteiger partial charge in [-0.05, 0) is 32.0 Å². The lowest BCUT2D eigenvalue weighted by Crippen LogP contribution is -2.52. The number of hydrogen-bond acceptors (Lipinski definition) is 6. The second-order valence-corrected chi connectivity index (χ2v) is 6.97. The lowest BCUT2D eigenvalue weighted by molar-refractivity contribution is -0.138. The van der Waals surface area contributed by atoms with Gasteiger partial charge in [-0.25, -0.2) is 14.6 Å². The summed E-state index contributed by atoms with van der Waals surface area (Å²) in [5, 5.41) is 4.24. The maximum Gasteiger partial charge on any atom is 0.263 e. The number of piperazine rings is 1. The first kappa shape index (κ1) is 18.9. The molecule has 4 rings (SSSR count). The lowest BCUT2D eigenvalue weighted by atomic mass is 10.2. The largest absolute Gasteiger partial charge is 0.481 e. The van der Waals surface area contributed by atoms with Gasteiger partial charge in [-0.15, -0.1) is 0 Å². The Morgan fingerprint density at radius 3 is 2.45 bits per heavy atom. The standard InChI is InChI=1S/C21H24N6O2/c1-16(29-18-7-4-3-5-8-18)21(28)26-13-11-25(12-14-26)19-15-20(24-17(2)23-19)27-10-6-9-22-27/h3-10,15-16H,11-14H2,1-2H3/t16-/m1/s1. The predicted molar refractivity (Wildman–Crippen MR) is 109 cm³/mol. The van der Waals surface area contributed by atoms with E-state index in [0.717, 1.165) is 11.6 Å². The molecule has 8 nitrogen and oxygen atoms in total. The Balaban J connectivity index is 1.39. The third kappa shape index (κ3) is 4.37. The van der Waals surface area contributed by atoms with Crippen LogP contribution in [0.15, 0.2) is 54.9 Å². The first-order chi connectivity index (χ1) is 14.1. The van der Waals surface area contributed by atoms with E-state index in [2.05, 4.69) is 20.0 Å². The molecule has 1 amide bonds. The summed E-state index contributed by atoms with van der Waals surface area (Å²) < 4.78 is 7.50. The van der Waals surface area contributed by atoms with Crippen LogP contribution in [0.5, 0.6) is 5.75 Å². The fraction of sp³-hybridized carbons (Fsp3) is 0.333. The number of carbonyl (C=O) groups excluding carboxylic acids is 1. The summed E-state index contributed by atoms with van der Waals surface area (Å²) in [5.41, 5.74) is 0. The van der Waals surface area contributed by atoms with Crippen LogP contribution in [-0.4, -0.2) is 62.8 Å². The first-order valence-corrected chi connectivity index (χ1v) is 9.71. The van der Waals surface area contributed by atoms with Crippen LogP contribution in [0.1, 0.15) is 12.7 Å². The molecule has 2 aromatic heterocycles. The van der Waals surface area contributed by atoms with Crippen LogP contribution in [0.4, 0.5) is 5.82 Å². The van der Waals surface area contributed by atoms with Gasteiger partial charge in [-0.1, -0.05) is 18.2 Å². The van der Waals surface area contributed by atoms with Gasteiger partial charge >= 0.3 is 0 Å². The summed E-state index contributed by atoms with van der Waals surface area (Å²) in [6.45, 7) is 6.34. The predicted octanol–water partition coefficient (Wildman–Crippen LogP) is 2.09. The van der Waals surface area contributed by atoms with Gasteiger partial charge in [0.25, 0.3) is 5.91 Å². The average molecular weight is 392 g/mol. The molecule has 0 N–H and O–H groups in total. The Morgan fingerprint density at radius 2 is 1.76 bits per heavy atom. The molecule has 0 radical (unpaired) electrons. The van der Waals surface area contributed by atoms with Crippen molar-refractivity contribution in [1.82, 2.24) is 24.6 Å². The fourth-order valence-corrected chi connectivity index (χ4v) is 3.39. The Morgan fingerprint density at radius 1 is 1.03 bits per heavy atom. The molecule has 1 fully saturated rings. The van der Waals surface area contributed by atoms with Gasteiger partial charge in [0.1, 0.15) is 17.4 Å². The van der Waals surface area contributed by atoms with Crippen molar-refractivity contribution >= 4 is 11.7 Å². The number of aromatic nitrogens is 4. The van der Waals surface area contributed by atoms with Crippen LogP contribution in [0.2, 0.25) is 0 Å². The van der Waals surface area contributed by atoms with Gasteiger partial charge in [0.15, 0.2) is 11.9 Å². The van der Waals surface area contributed by atoms with Gasteiger partial charge in [-0.2, -0.15) is 5.10 Å². The molecule has 8 heteroatoms. The van der Waals surface area contributed by atoms with Crippen LogP contribution < -0.4 is 9.64 Å². The molecule has 1 atom stereocenters. The summed E-state index contributed by atoms with van der Waals surface area (Å²) in [5.74, 6) is 2.99. The molecule has 1 saturated heterocycles. The Hall–Kier alpha value is -3.42. The topological polar surface area (TPSA) is 76.4 Å². The summed E-state index contributed by atoms with van der Waals surface area (Å²) in [7, 11) is 0. The highest BCUT2D eigenvalue weighted by Crippen LogP contribution is 2.18. The van der Waals surface area contributed by atoms with Crippen molar-refractivity contribution in [3.8, 4) is 11.6 Å². The normalized spacial score (nSPS) is 15.2. The van der Waals surface area contributed by atoms with Crippen molar-refractivity contribution < 1.29 is 9.53 Å². The van der Waals surface area contributed by atoms with Crippen molar-refractivity contribution in [3.63, 3.8) is 0 Å². The van der Waals surface area contributed by atoms with Gasteiger partial charge in [0.2, 0.25) is 0 Å². The Bertz CT molecular complexity index is 953. The minimum atomic E-state index is -0.517. The second kappa shape index (κ2) is 8.30.